The van der Waals surface area contributed by atoms with Gasteiger partial charge in [0, 0.05) is 11.4 Å². The van der Waals surface area contributed by atoms with Crippen LogP contribution in [0, 0.1) is 0 Å². The van der Waals surface area contributed by atoms with Crippen LogP contribution in [0.4, 0.5) is 18.9 Å². The number of anilines is 1. The van der Waals surface area contributed by atoms with Gasteiger partial charge in [-0.15, -0.1) is 11.3 Å². The normalized spacial score (nSPS) is 11.7. The van der Waals surface area contributed by atoms with Crippen LogP contribution in [-0.2, 0) is 13.1 Å². The van der Waals surface area contributed by atoms with Crippen molar-refractivity contribution >= 4 is 40.2 Å². The van der Waals surface area contributed by atoms with Gasteiger partial charge in [0.1, 0.15) is 11.6 Å². The highest BCUT2D eigenvalue weighted by atomic mass is 35.5. The molecule has 0 spiro atoms. The number of thiophene rings is 1. The molecule has 0 saturated heterocycles. The molecule has 0 amide bonds. The van der Waals surface area contributed by atoms with E-state index in [-0.39, 0.29) is 15.4 Å². The molecule has 0 saturated carbocycles. The van der Waals surface area contributed by atoms with E-state index in [0.29, 0.717) is 10.9 Å². The zero-order valence-electron chi connectivity index (χ0n) is 10.2. The van der Waals surface area contributed by atoms with Crippen molar-refractivity contribution in [1.29, 1.82) is 0 Å². The van der Waals surface area contributed by atoms with Crippen molar-refractivity contribution in [2.75, 3.05) is 5.32 Å². The third-order valence-electron chi connectivity index (χ3n) is 2.40. The fourth-order valence-electron chi connectivity index (χ4n) is 1.50. The van der Waals surface area contributed by atoms with Gasteiger partial charge in [-0.25, -0.2) is 4.68 Å². The van der Waals surface area contributed by atoms with Gasteiger partial charge in [-0.1, -0.05) is 23.2 Å². The van der Waals surface area contributed by atoms with Crippen molar-refractivity contribution in [3.8, 4) is 0 Å². The number of nitrogens with one attached hydrogen (secondary N) is 1. The maximum atomic E-state index is 12.3. The van der Waals surface area contributed by atoms with Crippen LogP contribution in [0.5, 0.6) is 0 Å². The Morgan fingerprint density at radius 3 is 2.62 bits per heavy atom. The second-order valence-corrected chi connectivity index (χ2v) is 6.19. The maximum Gasteiger partial charge on any atom is 0.408 e. The van der Waals surface area contributed by atoms with E-state index in [1.807, 2.05) is 0 Å². The van der Waals surface area contributed by atoms with Gasteiger partial charge in [0.25, 0.3) is 5.56 Å². The summed E-state index contributed by atoms with van der Waals surface area (Å²) < 4.78 is 37.6. The van der Waals surface area contributed by atoms with Crippen LogP contribution in [0.3, 0.4) is 0 Å². The number of hydrogen-bond donors (Lipinski definition) is 1. The topological polar surface area (TPSA) is 46.9 Å². The number of aromatic nitrogens is 2. The smallest absolute Gasteiger partial charge is 0.377 e. The third-order valence-corrected chi connectivity index (χ3v) is 3.99. The van der Waals surface area contributed by atoms with Crippen molar-refractivity contribution in [2.24, 2.45) is 0 Å². The van der Waals surface area contributed by atoms with E-state index < -0.39 is 18.3 Å². The predicted octanol–water partition coefficient (Wildman–Crippen LogP) is 3.79. The predicted molar refractivity (Wildman–Crippen MR) is 76.2 cm³/mol. The van der Waals surface area contributed by atoms with Crippen LogP contribution in [-0.4, -0.2) is 16.0 Å². The van der Waals surface area contributed by atoms with E-state index >= 15 is 0 Å². The molecule has 0 aromatic carbocycles. The fraction of sp³-hybridized carbons (Fsp3) is 0.273. The number of nitrogens with zero attached hydrogens (tertiary/aromatic N) is 2. The molecule has 0 aliphatic carbocycles. The Morgan fingerprint density at radius 2 is 2.05 bits per heavy atom. The first kappa shape index (κ1) is 16.1. The summed E-state index contributed by atoms with van der Waals surface area (Å²) in [6, 6.07) is 3.50. The monoisotopic (exact) mass is 357 g/mol. The largest absolute Gasteiger partial charge is 0.408 e. The first-order valence-electron chi connectivity index (χ1n) is 5.57. The van der Waals surface area contributed by atoms with Crippen LogP contribution >= 0.6 is 34.5 Å². The van der Waals surface area contributed by atoms with E-state index in [1.165, 1.54) is 11.3 Å². The summed E-state index contributed by atoms with van der Waals surface area (Å²) in [6.45, 7) is -1.14. The Kier molecular flexibility index (Phi) is 4.80. The molecule has 2 rings (SSSR count). The molecule has 1 N–H and O–H groups in total. The van der Waals surface area contributed by atoms with Gasteiger partial charge in [-0.3, -0.25) is 4.79 Å². The summed E-state index contributed by atoms with van der Waals surface area (Å²) in [7, 11) is 0. The molecule has 21 heavy (non-hydrogen) atoms. The second-order valence-electron chi connectivity index (χ2n) is 4.01. The van der Waals surface area contributed by atoms with E-state index in [1.54, 1.807) is 12.1 Å². The SMILES string of the molecule is O=c1c(Cl)c(NCc2ccc(Cl)s2)cnn1CC(F)(F)F. The Morgan fingerprint density at radius 1 is 1.33 bits per heavy atom. The molecule has 0 atom stereocenters. The lowest BCUT2D eigenvalue weighted by Gasteiger charge is -2.11. The quantitative estimate of drug-likeness (QED) is 0.905. The molecule has 10 heteroatoms. The fourth-order valence-corrected chi connectivity index (χ4v) is 2.74. The molecule has 2 aromatic heterocycles. The van der Waals surface area contributed by atoms with Crippen molar-refractivity contribution < 1.29 is 13.2 Å². The van der Waals surface area contributed by atoms with Crippen LogP contribution in [0.2, 0.25) is 9.36 Å². The van der Waals surface area contributed by atoms with E-state index in [0.717, 1.165) is 11.1 Å². The Labute approximate surface area is 131 Å². The molecule has 114 valence electrons. The molecular weight excluding hydrogens is 350 g/mol. The van der Waals surface area contributed by atoms with Gasteiger partial charge in [-0.2, -0.15) is 18.3 Å². The van der Waals surface area contributed by atoms with Gasteiger partial charge in [-0.05, 0) is 12.1 Å². The molecule has 2 heterocycles. The van der Waals surface area contributed by atoms with Gasteiger partial charge in [0.05, 0.1) is 16.2 Å². The first-order valence-corrected chi connectivity index (χ1v) is 7.14. The van der Waals surface area contributed by atoms with Crippen LogP contribution in [0.15, 0.2) is 23.1 Å². The third kappa shape index (κ3) is 4.36. The molecule has 0 unspecified atom stereocenters. The minimum atomic E-state index is -4.54. The Hall–Kier alpha value is -1.25. The van der Waals surface area contributed by atoms with Gasteiger partial charge >= 0.3 is 6.18 Å². The zero-order valence-corrected chi connectivity index (χ0v) is 12.6. The summed E-state index contributed by atoms with van der Waals surface area (Å²) in [5.74, 6) is 0. The number of halogens is 5. The molecule has 0 aliphatic heterocycles. The minimum Gasteiger partial charge on any atom is -0.377 e. The lowest BCUT2D eigenvalue weighted by molar-refractivity contribution is -0.143. The lowest BCUT2D eigenvalue weighted by Crippen LogP contribution is -2.30. The van der Waals surface area contributed by atoms with Crippen molar-refractivity contribution in [3.63, 3.8) is 0 Å². The van der Waals surface area contributed by atoms with E-state index in [9.17, 15) is 18.0 Å². The highest BCUT2D eigenvalue weighted by Crippen LogP contribution is 2.24. The summed E-state index contributed by atoms with van der Waals surface area (Å²) in [6.07, 6.45) is -3.45. The zero-order chi connectivity index (χ0) is 15.6. The molecule has 0 radical (unpaired) electrons. The maximum absolute atomic E-state index is 12.3. The Balaban J connectivity index is 2.15. The molecule has 0 aliphatic rings. The van der Waals surface area contributed by atoms with Crippen LogP contribution in [0.25, 0.3) is 0 Å². The minimum absolute atomic E-state index is 0.171. The first-order chi connectivity index (χ1) is 9.76. The number of alkyl halides is 3. The summed E-state index contributed by atoms with van der Waals surface area (Å²) in [4.78, 5) is 12.6. The second kappa shape index (κ2) is 6.25. The van der Waals surface area contributed by atoms with E-state index in [2.05, 4.69) is 10.4 Å². The number of hydrogen-bond acceptors (Lipinski definition) is 4. The van der Waals surface area contributed by atoms with Gasteiger partial charge in [0.15, 0.2) is 0 Å². The van der Waals surface area contributed by atoms with Gasteiger partial charge in [0.2, 0.25) is 0 Å². The Bertz CT molecular complexity index is 699. The average Bonchev–Trinajstić information content (AvgIpc) is 2.79. The van der Waals surface area contributed by atoms with E-state index in [4.69, 9.17) is 23.2 Å². The summed E-state index contributed by atoms with van der Waals surface area (Å²) >= 11 is 12.9. The lowest BCUT2D eigenvalue weighted by atomic mass is 10.4. The van der Waals surface area contributed by atoms with Crippen molar-refractivity contribution in [3.05, 3.63) is 42.9 Å². The highest BCUT2D eigenvalue weighted by molar-refractivity contribution is 7.16. The molecule has 0 fully saturated rings. The summed E-state index contributed by atoms with van der Waals surface area (Å²) in [5, 5.41) is 5.96. The number of rotatable bonds is 4. The molecule has 4 nitrogen and oxygen atoms in total. The van der Waals surface area contributed by atoms with Crippen molar-refractivity contribution in [2.45, 2.75) is 19.3 Å². The average molecular weight is 358 g/mol. The molecule has 0 bridgehead atoms. The van der Waals surface area contributed by atoms with Crippen LogP contribution in [0.1, 0.15) is 4.88 Å². The summed E-state index contributed by atoms with van der Waals surface area (Å²) in [5.41, 5.74) is -0.826. The highest BCUT2D eigenvalue weighted by Gasteiger charge is 2.29. The molecular formula is C11H8Cl2F3N3OS. The van der Waals surface area contributed by atoms with Crippen LogP contribution < -0.4 is 10.9 Å². The standard InChI is InChI=1S/C11H8Cl2F3N3OS/c12-8-2-1-6(21-8)3-17-7-4-18-19(5-11(14,15)16)10(20)9(7)13/h1-2,4,17H,3,5H2. The van der Waals surface area contributed by atoms with Gasteiger partial charge < -0.3 is 5.32 Å². The molecule has 2 aromatic rings. The van der Waals surface area contributed by atoms with Crippen molar-refractivity contribution in [1.82, 2.24) is 9.78 Å².